The van der Waals surface area contributed by atoms with Crippen LogP contribution in [0.15, 0.2) is 51.9 Å². The minimum absolute atomic E-state index is 0.282. The minimum atomic E-state index is -0.300. The molecular formula is C18H20N4O3. The molecule has 130 valence electrons. The Morgan fingerprint density at radius 2 is 2.00 bits per heavy atom. The van der Waals surface area contributed by atoms with Crippen molar-refractivity contribution >= 4 is 11.6 Å². The van der Waals surface area contributed by atoms with Crippen LogP contribution in [0.25, 0.3) is 0 Å². The van der Waals surface area contributed by atoms with Crippen LogP contribution in [0, 0.1) is 5.92 Å². The Labute approximate surface area is 145 Å². The molecule has 2 aromatic heterocycles. The fourth-order valence-electron chi connectivity index (χ4n) is 2.14. The Hall–Kier alpha value is -3.09. The molecule has 0 unspecified atom stereocenters. The van der Waals surface area contributed by atoms with E-state index < -0.39 is 0 Å². The fourth-order valence-corrected chi connectivity index (χ4v) is 2.14. The molecule has 1 aromatic carbocycles. The van der Waals surface area contributed by atoms with Crippen molar-refractivity contribution in [3.8, 4) is 5.75 Å². The molecule has 0 bridgehead atoms. The van der Waals surface area contributed by atoms with Crippen molar-refractivity contribution < 1.29 is 9.15 Å². The molecule has 0 aliphatic rings. The number of rotatable bonds is 7. The van der Waals surface area contributed by atoms with Gasteiger partial charge in [-0.15, -0.1) is 10.2 Å². The number of aromatic amines is 1. The van der Waals surface area contributed by atoms with Gasteiger partial charge in [0.2, 0.25) is 5.95 Å². The molecule has 0 spiro atoms. The highest BCUT2D eigenvalue weighted by molar-refractivity contribution is 5.54. The standard InChI is InChI=1S/C18H20N4O3/c1-12(2)11-25-14-7-5-13(6-8-14)19-18-20-17(23)16(21-22-18)10-15-4-3-9-24-15/h3-9,12H,10-11H2,1-2H3,(H2,19,20,22,23). The largest absolute Gasteiger partial charge is 0.493 e. The average molecular weight is 340 g/mol. The first-order valence-electron chi connectivity index (χ1n) is 8.08. The third-order valence-corrected chi connectivity index (χ3v) is 3.39. The van der Waals surface area contributed by atoms with Gasteiger partial charge in [0, 0.05) is 5.69 Å². The SMILES string of the molecule is CC(C)COc1ccc(Nc2nnc(Cc3ccco3)c(=O)[nH]2)cc1. The lowest BCUT2D eigenvalue weighted by molar-refractivity contribution is 0.271. The van der Waals surface area contributed by atoms with Gasteiger partial charge in [-0.25, -0.2) is 0 Å². The number of nitrogens with one attached hydrogen (secondary N) is 2. The van der Waals surface area contributed by atoms with Gasteiger partial charge in [0.25, 0.3) is 5.56 Å². The topological polar surface area (TPSA) is 93.0 Å². The zero-order chi connectivity index (χ0) is 17.6. The number of aromatic nitrogens is 3. The number of ether oxygens (including phenoxy) is 1. The lowest BCUT2D eigenvalue weighted by Crippen LogP contribution is -2.18. The Morgan fingerprint density at radius 1 is 1.20 bits per heavy atom. The lowest BCUT2D eigenvalue weighted by atomic mass is 10.2. The summed E-state index contributed by atoms with van der Waals surface area (Å²) in [6.45, 7) is 4.86. The smallest absolute Gasteiger partial charge is 0.274 e. The fraction of sp³-hybridized carbons (Fsp3) is 0.278. The average Bonchev–Trinajstić information content (AvgIpc) is 3.10. The second-order valence-corrected chi connectivity index (χ2v) is 6.06. The maximum atomic E-state index is 12.1. The predicted octanol–water partition coefficient (Wildman–Crippen LogP) is 3.13. The van der Waals surface area contributed by atoms with Gasteiger partial charge in [-0.1, -0.05) is 13.8 Å². The number of nitrogens with zero attached hydrogens (tertiary/aromatic N) is 2. The Bertz CT molecular complexity index is 855. The van der Waals surface area contributed by atoms with E-state index >= 15 is 0 Å². The van der Waals surface area contributed by atoms with Crippen LogP contribution >= 0.6 is 0 Å². The van der Waals surface area contributed by atoms with E-state index in [9.17, 15) is 4.79 Å². The predicted molar refractivity (Wildman–Crippen MR) is 94.2 cm³/mol. The maximum absolute atomic E-state index is 12.1. The van der Waals surface area contributed by atoms with E-state index in [4.69, 9.17) is 9.15 Å². The first-order valence-corrected chi connectivity index (χ1v) is 8.08. The number of furan rings is 1. The van der Waals surface area contributed by atoms with Gasteiger partial charge in [-0.05, 0) is 42.3 Å². The summed E-state index contributed by atoms with van der Waals surface area (Å²) in [7, 11) is 0. The van der Waals surface area contributed by atoms with Gasteiger partial charge in [0.05, 0.1) is 19.3 Å². The second-order valence-electron chi connectivity index (χ2n) is 6.06. The molecule has 2 heterocycles. The van der Waals surface area contributed by atoms with Gasteiger partial charge >= 0.3 is 0 Å². The molecule has 0 aliphatic carbocycles. The summed E-state index contributed by atoms with van der Waals surface area (Å²) in [5, 5.41) is 11.0. The number of anilines is 2. The molecule has 7 nitrogen and oxygen atoms in total. The molecule has 0 amide bonds. The highest BCUT2D eigenvalue weighted by atomic mass is 16.5. The van der Waals surface area contributed by atoms with Crippen LogP contribution in [0.3, 0.4) is 0 Å². The molecule has 0 saturated heterocycles. The van der Waals surface area contributed by atoms with Gasteiger partial charge in [0.15, 0.2) is 0 Å². The number of hydrogen-bond donors (Lipinski definition) is 2. The molecular weight excluding hydrogens is 320 g/mol. The summed E-state index contributed by atoms with van der Waals surface area (Å²) in [6, 6.07) is 11.0. The quantitative estimate of drug-likeness (QED) is 0.686. The summed E-state index contributed by atoms with van der Waals surface area (Å²) in [5.41, 5.74) is 0.782. The molecule has 0 fully saturated rings. The summed E-state index contributed by atoms with van der Waals surface area (Å²) in [6.07, 6.45) is 1.86. The maximum Gasteiger partial charge on any atom is 0.274 e. The summed E-state index contributed by atoms with van der Waals surface area (Å²) in [5.74, 6) is 2.21. The van der Waals surface area contributed by atoms with Crippen LogP contribution in [0.4, 0.5) is 11.6 Å². The van der Waals surface area contributed by atoms with Crippen molar-refractivity contribution in [2.75, 3.05) is 11.9 Å². The van der Waals surface area contributed by atoms with E-state index in [-0.39, 0.29) is 11.5 Å². The highest BCUT2D eigenvalue weighted by Gasteiger charge is 2.08. The van der Waals surface area contributed by atoms with E-state index in [1.165, 1.54) is 0 Å². The lowest BCUT2D eigenvalue weighted by Gasteiger charge is -2.10. The van der Waals surface area contributed by atoms with Gasteiger partial charge < -0.3 is 14.5 Å². The van der Waals surface area contributed by atoms with E-state index in [1.807, 2.05) is 24.3 Å². The zero-order valence-corrected chi connectivity index (χ0v) is 14.2. The molecule has 3 aromatic rings. The summed E-state index contributed by atoms with van der Waals surface area (Å²) in [4.78, 5) is 14.8. The van der Waals surface area contributed by atoms with Crippen LogP contribution in [0.2, 0.25) is 0 Å². The van der Waals surface area contributed by atoms with E-state index in [0.717, 1.165) is 11.4 Å². The molecule has 0 aliphatic heterocycles. The first-order chi connectivity index (χ1) is 12.1. The number of benzene rings is 1. The van der Waals surface area contributed by atoms with E-state index in [0.29, 0.717) is 30.4 Å². The molecule has 25 heavy (non-hydrogen) atoms. The van der Waals surface area contributed by atoms with Gasteiger partial charge in [-0.2, -0.15) is 0 Å². The van der Waals surface area contributed by atoms with Crippen LogP contribution in [0.1, 0.15) is 25.3 Å². The normalized spacial score (nSPS) is 10.8. The van der Waals surface area contributed by atoms with Crippen LogP contribution < -0.4 is 15.6 Å². The molecule has 0 atom stereocenters. The highest BCUT2D eigenvalue weighted by Crippen LogP contribution is 2.18. The zero-order valence-electron chi connectivity index (χ0n) is 14.2. The second kappa shape index (κ2) is 7.65. The van der Waals surface area contributed by atoms with Crippen LogP contribution in [0.5, 0.6) is 5.75 Å². The third kappa shape index (κ3) is 4.69. The van der Waals surface area contributed by atoms with Gasteiger partial charge in [0.1, 0.15) is 17.2 Å². The van der Waals surface area contributed by atoms with Crippen molar-refractivity contribution in [2.45, 2.75) is 20.3 Å². The first kappa shape index (κ1) is 16.8. The Morgan fingerprint density at radius 3 is 2.64 bits per heavy atom. The number of hydrogen-bond acceptors (Lipinski definition) is 6. The molecule has 0 saturated carbocycles. The van der Waals surface area contributed by atoms with Gasteiger partial charge in [-0.3, -0.25) is 9.78 Å². The van der Waals surface area contributed by atoms with Crippen LogP contribution in [-0.4, -0.2) is 21.8 Å². The monoisotopic (exact) mass is 340 g/mol. The summed E-state index contributed by atoms with van der Waals surface area (Å²) >= 11 is 0. The van der Waals surface area contributed by atoms with Crippen molar-refractivity contribution in [3.63, 3.8) is 0 Å². The molecule has 0 radical (unpaired) electrons. The van der Waals surface area contributed by atoms with Crippen molar-refractivity contribution in [1.29, 1.82) is 0 Å². The van der Waals surface area contributed by atoms with Crippen LogP contribution in [-0.2, 0) is 6.42 Å². The molecule has 2 N–H and O–H groups in total. The third-order valence-electron chi connectivity index (χ3n) is 3.39. The van der Waals surface area contributed by atoms with Crippen molar-refractivity contribution in [3.05, 3.63) is 64.5 Å². The van der Waals surface area contributed by atoms with E-state index in [1.54, 1.807) is 18.4 Å². The Kier molecular flexibility index (Phi) is 5.13. The minimum Gasteiger partial charge on any atom is -0.493 e. The Balaban J connectivity index is 1.64. The van der Waals surface area contributed by atoms with Crippen molar-refractivity contribution in [1.82, 2.24) is 15.2 Å². The van der Waals surface area contributed by atoms with Crippen molar-refractivity contribution in [2.24, 2.45) is 5.92 Å². The molecule has 3 rings (SSSR count). The van der Waals surface area contributed by atoms with E-state index in [2.05, 4.69) is 34.3 Å². The summed E-state index contributed by atoms with van der Waals surface area (Å²) < 4.78 is 10.9. The molecule has 7 heteroatoms. The number of H-pyrrole nitrogens is 1.